The molecule has 0 unspecified atom stereocenters. The third kappa shape index (κ3) is 6.36. The smallest absolute Gasteiger partial charge is 0.243 e. The number of amides is 1. The Bertz CT molecular complexity index is 708. The molecular formula is C20H30N2O4S. The van der Waals surface area contributed by atoms with Crippen molar-refractivity contribution in [1.82, 2.24) is 9.62 Å². The Morgan fingerprint density at radius 3 is 2.33 bits per heavy atom. The Kier molecular flexibility index (Phi) is 8.31. The van der Waals surface area contributed by atoms with Gasteiger partial charge in [0.05, 0.1) is 18.6 Å². The van der Waals surface area contributed by atoms with Crippen molar-refractivity contribution in [2.45, 2.75) is 55.9 Å². The molecule has 1 aliphatic carbocycles. The van der Waals surface area contributed by atoms with Crippen LogP contribution in [-0.4, -0.2) is 44.9 Å². The van der Waals surface area contributed by atoms with Crippen molar-refractivity contribution < 1.29 is 17.9 Å². The van der Waals surface area contributed by atoms with Gasteiger partial charge in [0.2, 0.25) is 15.9 Å². The fourth-order valence-corrected chi connectivity index (χ4v) is 4.69. The summed E-state index contributed by atoms with van der Waals surface area (Å²) in [7, 11) is -2.27. The SMILES string of the molecule is C=CCN(CC(=O)NC1CCCCCCC1)S(=O)(=O)c1ccc(OC)cc1. The standard InChI is InChI=1S/C20H30N2O4S/c1-3-15-22(27(24,25)19-13-11-18(26-2)12-14-19)16-20(23)21-17-9-7-5-4-6-8-10-17/h3,11-14,17H,1,4-10,15-16H2,2H3,(H,21,23). The highest BCUT2D eigenvalue weighted by Crippen LogP contribution is 2.20. The predicted octanol–water partition coefficient (Wildman–Crippen LogP) is 3.10. The van der Waals surface area contributed by atoms with E-state index in [-0.39, 0.29) is 29.9 Å². The molecule has 1 N–H and O–H groups in total. The van der Waals surface area contributed by atoms with E-state index < -0.39 is 10.0 Å². The molecule has 0 aliphatic heterocycles. The largest absolute Gasteiger partial charge is 0.497 e. The Balaban J connectivity index is 2.05. The van der Waals surface area contributed by atoms with Gasteiger partial charge in [-0.1, -0.05) is 38.2 Å². The fraction of sp³-hybridized carbons (Fsp3) is 0.550. The molecule has 1 amide bonds. The van der Waals surface area contributed by atoms with E-state index in [9.17, 15) is 13.2 Å². The highest BCUT2D eigenvalue weighted by Gasteiger charge is 2.26. The van der Waals surface area contributed by atoms with E-state index in [4.69, 9.17) is 4.74 Å². The first kappa shape index (κ1) is 21.4. The first-order chi connectivity index (χ1) is 13.0. The molecule has 0 saturated heterocycles. The van der Waals surface area contributed by atoms with Gasteiger partial charge in [0.25, 0.3) is 0 Å². The molecule has 1 fully saturated rings. The van der Waals surface area contributed by atoms with Gasteiger partial charge in [-0.3, -0.25) is 4.79 Å². The molecule has 0 heterocycles. The van der Waals surface area contributed by atoms with Crippen LogP contribution < -0.4 is 10.1 Å². The van der Waals surface area contributed by atoms with Crippen molar-refractivity contribution in [3.8, 4) is 5.75 Å². The van der Waals surface area contributed by atoms with Crippen LogP contribution in [0, 0.1) is 0 Å². The third-order valence-electron chi connectivity index (χ3n) is 4.82. The zero-order valence-electron chi connectivity index (χ0n) is 16.0. The molecule has 27 heavy (non-hydrogen) atoms. The van der Waals surface area contributed by atoms with E-state index in [0.717, 1.165) is 30.0 Å². The number of rotatable bonds is 8. The average Bonchev–Trinajstić information content (AvgIpc) is 2.63. The maximum absolute atomic E-state index is 12.9. The van der Waals surface area contributed by atoms with Crippen molar-refractivity contribution in [1.29, 1.82) is 0 Å². The third-order valence-corrected chi connectivity index (χ3v) is 6.65. The summed E-state index contributed by atoms with van der Waals surface area (Å²) in [5.41, 5.74) is 0. The molecule has 2 rings (SSSR count). The van der Waals surface area contributed by atoms with Crippen LogP contribution in [0.3, 0.4) is 0 Å². The maximum Gasteiger partial charge on any atom is 0.243 e. The van der Waals surface area contributed by atoms with Crippen LogP contribution in [0.1, 0.15) is 44.9 Å². The van der Waals surface area contributed by atoms with Gasteiger partial charge in [-0.05, 0) is 37.1 Å². The number of ether oxygens (including phenoxy) is 1. The average molecular weight is 395 g/mol. The first-order valence-corrected chi connectivity index (χ1v) is 11.0. The van der Waals surface area contributed by atoms with Crippen molar-refractivity contribution in [2.24, 2.45) is 0 Å². The lowest BCUT2D eigenvalue weighted by Gasteiger charge is -2.24. The summed E-state index contributed by atoms with van der Waals surface area (Å²) in [4.78, 5) is 12.6. The zero-order valence-corrected chi connectivity index (χ0v) is 16.8. The number of sulfonamides is 1. The van der Waals surface area contributed by atoms with Gasteiger partial charge in [0.15, 0.2) is 0 Å². The van der Waals surface area contributed by atoms with Crippen molar-refractivity contribution in [3.05, 3.63) is 36.9 Å². The Morgan fingerprint density at radius 1 is 1.19 bits per heavy atom. The number of benzene rings is 1. The molecule has 0 atom stereocenters. The van der Waals surface area contributed by atoms with Crippen LogP contribution in [0.5, 0.6) is 5.75 Å². The monoisotopic (exact) mass is 394 g/mol. The summed E-state index contributed by atoms with van der Waals surface area (Å²) in [6.07, 6.45) is 9.26. The zero-order chi connectivity index (χ0) is 19.7. The van der Waals surface area contributed by atoms with Crippen LogP contribution in [-0.2, 0) is 14.8 Å². The second-order valence-corrected chi connectivity index (χ2v) is 8.81. The summed E-state index contributed by atoms with van der Waals surface area (Å²) < 4.78 is 32.0. The first-order valence-electron chi connectivity index (χ1n) is 9.52. The lowest BCUT2D eigenvalue weighted by molar-refractivity contribution is -0.122. The second-order valence-electron chi connectivity index (χ2n) is 6.87. The predicted molar refractivity (Wildman–Crippen MR) is 106 cm³/mol. The van der Waals surface area contributed by atoms with Gasteiger partial charge in [-0.25, -0.2) is 8.42 Å². The fourth-order valence-electron chi connectivity index (χ4n) is 3.32. The van der Waals surface area contributed by atoms with Crippen LogP contribution in [0.25, 0.3) is 0 Å². The number of carbonyl (C=O) groups excluding carboxylic acids is 1. The van der Waals surface area contributed by atoms with Crippen molar-refractivity contribution in [3.63, 3.8) is 0 Å². The minimum Gasteiger partial charge on any atom is -0.497 e. The molecular weight excluding hydrogens is 364 g/mol. The molecule has 1 aliphatic rings. The van der Waals surface area contributed by atoms with Gasteiger partial charge in [-0.2, -0.15) is 4.31 Å². The van der Waals surface area contributed by atoms with E-state index in [1.54, 1.807) is 12.1 Å². The second kappa shape index (κ2) is 10.5. The van der Waals surface area contributed by atoms with E-state index in [1.807, 2.05) is 0 Å². The van der Waals surface area contributed by atoms with E-state index in [1.165, 1.54) is 44.6 Å². The Labute approximate surface area is 162 Å². The molecule has 150 valence electrons. The highest BCUT2D eigenvalue weighted by atomic mass is 32.2. The van der Waals surface area contributed by atoms with E-state index >= 15 is 0 Å². The summed E-state index contributed by atoms with van der Waals surface area (Å²) in [6, 6.07) is 6.28. The number of methoxy groups -OCH3 is 1. The lowest BCUT2D eigenvalue weighted by atomic mass is 9.97. The van der Waals surface area contributed by atoms with Gasteiger partial charge in [-0.15, -0.1) is 6.58 Å². The summed E-state index contributed by atoms with van der Waals surface area (Å²) in [5, 5.41) is 3.02. The minimum atomic E-state index is -3.79. The van der Waals surface area contributed by atoms with E-state index in [2.05, 4.69) is 11.9 Å². The summed E-state index contributed by atoms with van der Waals surface area (Å²) in [6.45, 7) is 3.49. The van der Waals surface area contributed by atoms with Crippen molar-refractivity contribution >= 4 is 15.9 Å². The van der Waals surface area contributed by atoms with Crippen molar-refractivity contribution in [2.75, 3.05) is 20.2 Å². The normalized spacial score (nSPS) is 16.4. The topological polar surface area (TPSA) is 75.7 Å². The highest BCUT2D eigenvalue weighted by molar-refractivity contribution is 7.89. The van der Waals surface area contributed by atoms with Crippen LogP contribution in [0.15, 0.2) is 41.8 Å². The quantitative estimate of drug-likeness (QED) is 0.688. The number of nitrogens with one attached hydrogen (secondary N) is 1. The molecule has 6 nitrogen and oxygen atoms in total. The van der Waals surface area contributed by atoms with Gasteiger partial charge in [0.1, 0.15) is 5.75 Å². The van der Waals surface area contributed by atoms with Crippen LogP contribution >= 0.6 is 0 Å². The Morgan fingerprint density at radius 2 is 1.78 bits per heavy atom. The summed E-state index contributed by atoms with van der Waals surface area (Å²) in [5.74, 6) is 0.311. The summed E-state index contributed by atoms with van der Waals surface area (Å²) >= 11 is 0. The van der Waals surface area contributed by atoms with Gasteiger partial charge >= 0.3 is 0 Å². The van der Waals surface area contributed by atoms with Crippen LogP contribution in [0.2, 0.25) is 0 Å². The van der Waals surface area contributed by atoms with E-state index in [0.29, 0.717) is 5.75 Å². The molecule has 1 aromatic carbocycles. The number of hydrogen-bond donors (Lipinski definition) is 1. The minimum absolute atomic E-state index is 0.0758. The molecule has 0 radical (unpaired) electrons. The number of carbonyl (C=O) groups is 1. The molecule has 1 saturated carbocycles. The molecule has 0 spiro atoms. The van der Waals surface area contributed by atoms with Gasteiger partial charge < -0.3 is 10.1 Å². The number of nitrogens with zero attached hydrogens (tertiary/aromatic N) is 1. The maximum atomic E-state index is 12.9. The molecule has 7 heteroatoms. The lowest BCUT2D eigenvalue weighted by Crippen LogP contribution is -2.44. The molecule has 1 aromatic rings. The number of hydrogen-bond acceptors (Lipinski definition) is 4. The van der Waals surface area contributed by atoms with Crippen LogP contribution in [0.4, 0.5) is 0 Å². The Hall–Kier alpha value is -1.86. The van der Waals surface area contributed by atoms with Gasteiger partial charge in [0, 0.05) is 12.6 Å². The molecule has 0 aromatic heterocycles. The molecule has 0 bridgehead atoms.